The summed E-state index contributed by atoms with van der Waals surface area (Å²) in [7, 11) is 0. The van der Waals surface area contributed by atoms with Gasteiger partial charge in [0.25, 0.3) is 0 Å². The molecule has 0 amide bonds. The molecule has 0 bridgehead atoms. The second-order valence-electron chi connectivity index (χ2n) is 2.77. The molecule has 0 aromatic heterocycles. The van der Waals surface area contributed by atoms with Crippen LogP contribution in [0.5, 0.6) is 0 Å². The van der Waals surface area contributed by atoms with Crippen LogP contribution < -0.4 is 5.73 Å². The van der Waals surface area contributed by atoms with Gasteiger partial charge >= 0.3 is 18.1 Å². The smallest absolute Gasteiger partial charge is 0.475 e. The molecule has 0 unspecified atom stereocenters. The van der Waals surface area contributed by atoms with Gasteiger partial charge in [-0.15, -0.1) is 0 Å². The Hall–Kier alpha value is -2.09. The molecule has 1 aromatic rings. The second-order valence-corrected chi connectivity index (χ2v) is 2.77. The maximum Gasteiger partial charge on any atom is 0.490 e. The standard InChI is InChI=1S/C8H9NO2.C2HF3O2/c9-6-11-8(10)7-4-2-1-3-5-7;3-2(4,5)1(6)7/h1-5H,6,9H2;(H,6,7). The minimum atomic E-state index is -5.08. The average Bonchev–Trinajstić information content (AvgIpc) is 2.30. The summed E-state index contributed by atoms with van der Waals surface area (Å²) in [5, 5.41) is 7.12. The molecular weight excluding hydrogens is 255 g/mol. The van der Waals surface area contributed by atoms with Crippen LogP contribution in [0.15, 0.2) is 30.3 Å². The van der Waals surface area contributed by atoms with E-state index in [-0.39, 0.29) is 12.7 Å². The van der Waals surface area contributed by atoms with Crippen LogP contribution in [0.25, 0.3) is 0 Å². The number of benzene rings is 1. The lowest BCUT2D eigenvalue weighted by molar-refractivity contribution is -0.192. The van der Waals surface area contributed by atoms with Crippen LogP contribution in [-0.2, 0) is 9.53 Å². The first-order valence-electron chi connectivity index (χ1n) is 4.51. The second kappa shape index (κ2) is 7.28. The number of esters is 1. The van der Waals surface area contributed by atoms with Gasteiger partial charge in [-0.2, -0.15) is 13.2 Å². The van der Waals surface area contributed by atoms with E-state index in [9.17, 15) is 18.0 Å². The van der Waals surface area contributed by atoms with E-state index in [4.69, 9.17) is 15.6 Å². The molecule has 0 saturated heterocycles. The molecule has 0 spiro atoms. The largest absolute Gasteiger partial charge is 0.490 e. The Morgan fingerprint density at radius 2 is 1.67 bits per heavy atom. The van der Waals surface area contributed by atoms with Crippen molar-refractivity contribution in [3.8, 4) is 0 Å². The van der Waals surface area contributed by atoms with Crippen molar-refractivity contribution in [2.45, 2.75) is 6.18 Å². The number of hydrogen-bond donors (Lipinski definition) is 2. The molecule has 0 saturated carbocycles. The Kier molecular flexibility index (Phi) is 6.43. The summed E-state index contributed by atoms with van der Waals surface area (Å²) in [6.07, 6.45) is -5.08. The van der Waals surface area contributed by atoms with Gasteiger partial charge in [0.05, 0.1) is 5.56 Å². The number of alkyl halides is 3. The molecule has 0 radical (unpaired) electrons. The number of hydrogen-bond acceptors (Lipinski definition) is 4. The summed E-state index contributed by atoms with van der Waals surface area (Å²) in [4.78, 5) is 19.8. The van der Waals surface area contributed by atoms with Gasteiger partial charge in [-0.25, -0.2) is 9.59 Å². The highest BCUT2D eigenvalue weighted by atomic mass is 19.4. The predicted octanol–water partition coefficient (Wildman–Crippen LogP) is 1.39. The van der Waals surface area contributed by atoms with E-state index >= 15 is 0 Å². The highest BCUT2D eigenvalue weighted by Gasteiger charge is 2.38. The van der Waals surface area contributed by atoms with Crippen molar-refractivity contribution in [1.29, 1.82) is 0 Å². The Balaban J connectivity index is 0.000000360. The third kappa shape index (κ3) is 6.48. The molecule has 18 heavy (non-hydrogen) atoms. The van der Waals surface area contributed by atoms with Crippen LogP contribution in [-0.4, -0.2) is 30.0 Å². The van der Waals surface area contributed by atoms with Crippen molar-refractivity contribution in [3.63, 3.8) is 0 Å². The van der Waals surface area contributed by atoms with Gasteiger partial charge in [-0.3, -0.25) is 5.73 Å². The van der Waals surface area contributed by atoms with E-state index in [1.54, 1.807) is 24.3 Å². The van der Waals surface area contributed by atoms with E-state index < -0.39 is 12.1 Å². The van der Waals surface area contributed by atoms with E-state index in [0.717, 1.165) is 0 Å². The maximum absolute atomic E-state index is 10.9. The zero-order valence-corrected chi connectivity index (χ0v) is 8.98. The van der Waals surface area contributed by atoms with E-state index in [1.165, 1.54) is 0 Å². The highest BCUT2D eigenvalue weighted by Crippen LogP contribution is 2.13. The molecule has 0 aliphatic heterocycles. The number of carboxylic acids is 1. The molecule has 8 heteroatoms. The lowest BCUT2D eigenvalue weighted by atomic mass is 10.2. The van der Waals surface area contributed by atoms with Crippen LogP contribution >= 0.6 is 0 Å². The van der Waals surface area contributed by atoms with Crippen molar-refractivity contribution in [2.75, 3.05) is 6.73 Å². The average molecular weight is 265 g/mol. The first-order chi connectivity index (χ1) is 8.29. The maximum atomic E-state index is 10.9. The first kappa shape index (κ1) is 15.9. The van der Waals surface area contributed by atoms with Crippen molar-refractivity contribution >= 4 is 11.9 Å². The van der Waals surface area contributed by atoms with Crippen molar-refractivity contribution < 1.29 is 32.6 Å². The molecule has 0 aliphatic carbocycles. The van der Waals surface area contributed by atoms with Crippen LogP contribution in [0, 0.1) is 0 Å². The first-order valence-corrected chi connectivity index (χ1v) is 4.51. The summed E-state index contributed by atoms with van der Waals surface area (Å²) < 4.78 is 36.3. The molecule has 3 N–H and O–H groups in total. The summed E-state index contributed by atoms with van der Waals surface area (Å²) in [5.41, 5.74) is 5.55. The predicted molar refractivity (Wildman–Crippen MR) is 54.6 cm³/mol. The number of halogens is 3. The number of aliphatic carboxylic acids is 1. The van der Waals surface area contributed by atoms with Gasteiger partial charge in [-0.05, 0) is 12.1 Å². The SMILES string of the molecule is NCOC(=O)c1ccccc1.O=C(O)C(F)(F)F. The Bertz CT molecular complexity index is 392. The number of nitrogens with two attached hydrogens (primary N) is 1. The molecular formula is C10H10F3NO4. The van der Waals surface area contributed by atoms with Crippen molar-refractivity contribution in [3.05, 3.63) is 35.9 Å². The Morgan fingerprint density at radius 3 is 2.00 bits per heavy atom. The van der Waals surface area contributed by atoms with E-state index in [2.05, 4.69) is 4.74 Å². The summed E-state index contributed by atoms with van der Waals surface area (Å²) in [6, 6.07) is 8.73. The fourth-order valence-corrected chi connectivity index (χ4v) is 0.733. The summed E-state index contributed by atoms with van der Waals surface area (Å²) in [5.74, 6) is -3.14. The van der Waals surface area contributed by atoms with Crippen LogP contribution in [0.1, 0.15) is 10.4 Å². The summed E-state index contributed by atoms with van der Waals surface area (Å²) in [6.45, 7) is -0.0757. The van der Waals surface area contributed by atoms with Gasteiger partial charge in [-0.1, -0.05) is 18.2 Å². The molecule has 5 nitrogen and oxygen atoms in total. The van der Waals surface area contributed by atoms with Crippen molar-refractivity contribution in [2.24, 2.45) is 5.73 Å². The lowest BCUT2D eigenvalue weighted by Crippen LogP contribution is -2.21. The van der Waals surface area contributed by atoms with Crippen LogP contribution in [0.4, 0.5) is 13.2 Å². The number of carbonyl (C=O) groups excluding carboxylic acids is 1. The van der Waals surface area contributed by atoms with Gasteiger partial charge in [0, 0.05) is 0 Å². The minimum Gasteiger partial charge on any atom is -0.475 e. The van der Waals surface area contributed by atoms with E-state index in [1.807, 2.05) is 6.07 Å². The fraction of sp³-hybridized carbons (Fsp3) is 0.200. The third-order valence-electron chi connectivity index (χ3n) is 1.47. The quantitative estimate of drug-likeness (QED) is 0.623. The van der Waals surface area contributed by atoms with Crippen LogP contribution in [0.3, 0.4) is 0 Å². The highest BCUT2D eigenvalue weighted by molar-refractivity contribution is 5.89. The topological polar surface area (TPSA) is 89.6 Å². The zero-order valence-electron chi connectivity index (χ0n) is 8.98. The molecule has 0 atom stereocenters. The molecule has 0 fully saturated rings. The Labute approximate surface area is 100.0 Å². The molecule has 0 heterocycles. The van der Waals surface area contributed by atoms with Gasteiger partial charge in [0.15, 0.2) is 0 Å². The van der Waals surface area contributed by atoms with Crippen LogP contribution in [0.2, 0.25) is 0 Å². The van der Waals surface area contributed by atoms with Gasteiger partial charge in [0.1, 0.15) is 6.73 Å². The third-order valence-corrected chi connectivity index (χ3v) is 1.47. The molecule has 100 valence electrons. The zero-order chi connectivity index (χ0) is 14.2. The fourth-order valence-electron chi connectivity index (χ4n) is 0.733. The molecule has 1 rings (SSSR count). The van der Waals surface area contributed by atoms with Gasteiger partial charge < -0.3 is 9.84 Å². The Morgan fingerprint density at radius 1 is 1.22 bits per heavy atom. The monoisotopic (exact) mass is 265 g/mol. The van der Waals surface area contributed by atoms with E-state index in [0.29, 0.717) is 5.56 Å². The normalized spacial score (nSPS) is 10.0. The number of ether oxygens (including phenoxy) is 1. The molecule has 0 aliphatic rings. The number of carboxylic acid groups (broad SMARTS) is 1. The van der Waals surface area contributed by atoms with Crippen molar-refractivity contribution in [1.82, 2.24) is 0 Å². The lowest BCUT2D eigenvalue weighted by Gasteiger charge is -1.99. The molecule has 1 aromatic carbocycles. The van der Waals surface area contributed by atoms with Gasteiger partial charge in [0.2, 0.25) is 0 Å². The number of carbonyl (C=O) groups is 2. The number of rotatable bonds is 2. The summed E-state index contributed by atoms with van der Waals surface area (Å²) >= 11 is 0. The minimum absolute atomic E-state index is 0.0757.